The van der Waals surface area contributed by atoms with Crippen LogP contribution in [0.4, 0.5) is 0 Å². The van der Waals surface area contributed by atoms with Crippen LogP contribution >= 0.6 is 39.1 Å². The van der Waals surface area contributed by atoms with Crippen LogP contribution in [0.1, 0.15) is 28.6 Å². The lowest BCUT2D eigenvalue weighted by Crippen LogP contribution is -1.94. The van der Waals surface area contributed by atoms with Crippen LogP contribution in [0.15, 0.2) is 34.9 Å². The lowest BCUT2D eigenvalue weighted by atomic mass is 10.0. The van der Waals surface area contributed by atoms with Gasteiger partial charge in [0.1, 0.15) is 5.76 Å². The fourth-order valence-corrected chi connectivity index (χ4v) is 2.71. The molecule has 4 heteroatoms. The smallest absolute Gasteiger partial charge is 0.108 e. The van der Waals surface area contributed by atoms with Crippen molar-refractivity contribution < 1.29 is 4.42 Å². The molecule has 90 valence electrons. The highest BCUT2D eigenvalue weighted by atomic mass is 79.9. The summed E-state index contributed by atoms with van der Waals surface area (Å²) >= 11 is 15.6. The van der Waals surface area contributed by atoms with Gasteiger partial charge in [-0.25, -0.2) is 0 Å². The Kier molecular flexibility index (Phi) is 4.18. The summed E-state index contributed by atoms with van der Waals surface area (Å²) in [6.07, 6.45) is 2.58. The molecule has 1 aromatic carbocycles. The molecule has 0 N–H and O–H groups in total. The number of hydrogen-bond acceptors (Lipinski definition) is 1. The Morgan fingerprint density at radius 3 is 2.65 bits per heavy atom. The zero-order valence-corrected chi connectivity index (χ0v) is 12.3. The monoisotopic (exact) mass is 332 g/mol. The van der Waals surface area contributed by atoms with Crippen molar-refractivity contribution in [2.24, 2.45) is 0 Å². The first-order valence-electron chi connectivity index (χ1n) is 5.28. The maximum atomic E-state index is 6.02. The number of hydrogen-bond donors (Lipinski definition) is 0. The van der Waals surface area contributed by atoms with Crippen molar-refractivity contribution in [1.82, 2.24) is 0 Å². The second kappa shape index (κ2) is 5.47. The number of aryl methyl sites for hydroxylation is 1. The van der Waals surface area contributed by atoms with Crippen molar-refractivity contribution in [3.63, 3.8) is 0 Å². The first kappa shape index (κ1) is 13.0. The minimum Gasteiger partial charge on any atom is -0.469 e. The van der Waals surface area contributed by atoms with Crippen molar-refractivity contribution in [2.45, 2.75) is 18.2 Å². The van der Waals surface area contributed by atoms with Crippen molar-refractivity contribution in [3.8, 4) is 0 Å². The lowest BCUT2D eigenvalue weighted by molar-refractivity contribution is 0.512. The highest BCUT2D eigenvalue weighted by Crippen LogP contribution is 2.36. The summed E-state index contributed by atoms with van der Waals surface area (Å²) in [6, 6.07) is 7.61. The van der Waals surface area contributed by atoms with Gasteiger partial charge in [-0.15, -0.1) is 0 Å². The van der Waals surface area contributed by atoms with Crippen LogP contribution in [0.3, 0.4) is 0 Å². The average Bonchev–Trinajstić information content (AvgIpc) is 2.80. The molecule has 0 saturated heterocycles. The van der Waals surface area contributed by atoms with E-state index >= 15 is 0 Å². The van der Waals surface area contributed by atoms with E-state index in [0.29, 0.717) is 10.0 Å². The number of benzene rings is 1. The Morgan fingerprint density at radius 2 is 2.00 bits per heavy atom. The van der Waals surface area contributed by atoms with E-state index < -0.39 is 0 Å². The molecular formula is C13H11BrCl2O. The van der Waals surface area contributed by atoms with Gasteiger partial charge < -0.3 is 4.42 Å². The Hall–Kier alpha value is -0.440. The molecule has 1 atom stereocenters. The van der Waals surface area contributed by atoms with E-state index in [4.69, 9.17) is 27.6 Å². The number of rotatable bonds is 3. The van der Waals surface area contributed by atoms with Crippen LogP contribution in [0.5, 0.6) is 0 Å². The minimum absolute atomic E-state index is 0.0750. The second-order valence-corrected chi connectivity index (χ2v) is 5.42. The molecule has 0 aliphatic carbocycles. The SMILES string of the molecule is CCc1occc1C(Br)c1ccc(Cl)c(Cl)c1. The summed E-state index contributed by atoms with van der Waals surface area (Å²) in [5, 5.41) is 1.13. The molecule has 0 spiro atoms. The summed E-state index contributed by atoms with van der Waals surface area (Å²) in [6.45, 7) is 2.07. The Bertz CT molecular complexity index is 522. The molecule has 0 fully saturated rings. The highest BCUT2D eigenvalue weighted by Gasteiger charge is 2.16. The van der Waals surface area contributed by atoms with Gasteiger partial charge in [-0.1, -0.05) is 52.1 Å². The summed E-state index contributed by atoms with van der Waals surface area (Å²) < 4.78 is 5.42. The van der Waals surface area contributed by atoms with Crippen molar-refractivity contribution >= 4 is 39.1 Å². The number of alkyl halides is 1. The van der Waals surface area contributed by atoms with Gasteiger partial charge in [-0.05, 0) is 23.8 Å². The Morgan fingerprint density at radius 1 is 1.24 bits per heavy atom. The van der Waals surface area contributed by atoms with Crippen LogP contribution in [-0.2, 0) is 6.42 Å². The van der Waals surface area contributed by atoms with Gasteiger partial charge in [0.25, 0.3) is 0 Å². The van der Waals surface area contributed by atoms with Gasteiger partial charge in [-0.3, -0.25) is 0 Å². The fraction of sp³-hybridized carbons (Fsp3) is 0.231. The van der Waals surface area contributed by atoms with Crippen LogP contribution in [0.2, 0.25) is 10.0 Å². The van der Waals surface area contributed by atoms with E-state index in [9.17, 15) is 0 Å². The van der Waals surface area contributed by atoms with E-state index in [0.717, 1.165) is 23.3 Å². The van der Waals surface area contributed by atoms with Crippen molar-refractivity contribution in [3.05, 3.63) is 57.5 Å². The van der Waals surface area contributed by atoms with E-state index in [1.807, 2.05) is 18.2 Å². The zero-order valence-electron chi connectivity index (χ0n) is 9.21. The average molecular weight is 334 g/mol. The molecule has 1 heterocycles. The van der Waals surface area contributed by atoms with E-state index in [1.54, 1.807) is 12.3 Å². The van der Waals surface area contributed by atoms with Crippen LogP contribution in [0.25, 0.3) is 0 Å². The summed E-state index contributed by atoms with van der Waals surface area (Å²) in [7, 11) is 0. The molecule has 1 aromatic heterocycles. The highest BCUT2D eigenvalue weighted by molar-refractivity contribution is 9.09. The van der Waals surface area contributed by atoms with Gasteiger partial charge in [0.2, 0.25) is 0 Å². The van der Waals surface area contributed by atoms with E-state index in [-0.39, 0.29) is 4.83 Å². The molecular weight excluding hydrogens is 323 g/mol. The molecule has 0 aliphatic rings. The lowest BCUT2D eigenvalue weighted by Gasteiger charge is -2.11. The fourth-order valence-electron chi connectivity index (χ4n) is 1.71. The standard InChI is InChI=1S/C13H11BrCl2O/c1-2-12-9(5-6-17-12)13(14)8-3-4-10(15)11(16)7-8/h3-7,13H,2H2,1H3. The molecule has 2 rings (SSSR count). The molecule has 0 aliphatic heterocycles. The quantitative estimate of drug-likeness (QED) is 0.663. The topological polar surface area (TPSA) is 13.1 Å². The third kappa shape index (κ3) is 2.70. The summed E-state index contributed by atoms with van der Waals surface area (Å²) in [5.41, 5.74) is 2.20. The second-order valence-electron chi connectivity index (χ2n) is 3.69. The van der Waals surface area contributed by atoms with Gasteiger partial charge in [0, 0.05) is 12.0 Å². The molecule has 17 heavy (non-hydrogen) atoms. The predicted molar refractivity (Wildman–Crippen MR) is 75.3 cm³/mol. The van der Waals surface area contributed by atoms with Crippen LogP contribution in [0, 0.1) is 0 Å². The van der Waals surface area contributed by atoms with Gasteiger partial charge >= 0.3 is 0 Å². The maximum absolute atomic E-state index is 6.02. The van der Waals surface area contributed by atoms with Gasteiger partial charge in [0.05, 0.1) is 21.1 Å². The molecule has 0 amide bonds. The molecule has 1 nitrogen and oxygen atoms in total. The number of halogens is 3. The van der Waals surface area contributed by atoms with Crippen molar-refractivity contribution in [1.29, 1.82) is 0 Å². The Balaban J connectivity index is 2.36. The summed E-state index contributed by atoms with van der Waals surface area (Å²) in [5.74, 6) is 0.984. The third-order valence-corrected chi connectivity index (χ3v) is 4.37. The normalized spacial score (nSPS) is 12.7. The summed E-state index contributed by atoms with van der Waals surface area (Å²) in [4.78, 5) is 0.0750. The molecule has 1 unspecified atom stereocenters. The van der Waals surface area contributed by atoms with Crippen molar-refractivity contribution in [2.75, 3.05) is 0 Å². The van der Waals surface area contributed by atoms with E-state index in [1.165, 1.54) is 0 Å². The molecule has 2 aromatic rings. The molecule has 0 bridgehead atoms. The first-order chi connectivity index (χ1) is 8.13. The number of furan rings is 1. The van der Waals surface area contributed by atoms with E-state index in [2.05, 4.69) is 22.9 Å². The van der Waals surface area contributed by atoms with Gasteiger partial charge in [-0.2, -0.15) is 0 Å². The minimum atomic E-state index is 0.0750. The van der Waals surface area contributed by atoms with Crippen LogP contribution in [-0.4, -0.2) is 0 Å². The molecule has 0 radical (unpaired) electrons. The maximum Gasteiger partial charge on any atom is 0.108 e. The third-order valence-electron chi connectivity index (χ3n) is 2.61. The zero-order chi connectivity index (χ0) is 12.4. The Labute approximate surface area is 119 Å². The first-order valence-corrected chi connectivity index (χ1v) is 6.96. The largest absolute Gasteiger partial charge is 0.469 e. The molecule has 0 saturated carbocycles. The predicted octanol–water partition coefficient (Wildman–Crippen LogP) is 5.63. The van der Waals surface area contributed by atoms with Gasteiger partial charge in [0.15, 0.2) is 0 Å². The van der Waals surface area contributed by atoms with Crippen LogP contribution < -0.4 is 0 Å².